The van der Waals surface area contributed by atoms with Crippen molar-refractivity contribution in [2.75, 3.05) is 33.4 Å². The van der Waals surface area contributed by atoms with Crippen molar-refractivity contribution >= 4 is 15.9 Å². The fourth-order valence-electron chi connectivity index (χ4n) is 2.75. The highest BCUT2D eigenvalue weighted by molar-refractivity contribution is 7.89. The van der Waals surface area contributed by atoms with Crippen molar-refractivity contribution in [2.45, 2.75) is 11.3 Å². The van der Waals surface area contributed by atoms with Crippen LogP contribution in [0.4, 0.5) is 0 Å². The van der Waals surface area contributed by atoms with Crippen LogP contribution in [0.5, 0.6) is 11.5 Å². The lowest BCUT2D eigenvalue weighted by molar-refractivity contribution is -0.123. The van der Waals surface area contributed by atoms with E-state index in [-0.39, 0.29) is 29.0 Å². The van der Waals surface area contributed by atoms with E-state index in [0.717, 1.165) is 0 Å². The molecule has 22 heavy (non-hydrogen) atoms. The number of sulfonamides is 1. The molecule has 1 aromatic carbocycles. The first kappa shape index (κ1) is 15.1. The number of nitrogens with one attached hydrogen (secondary N) is 1. The molecule has 1 N–H and O–H groups in total. The van der Waals surface area contributed by atoms with Crippen molar-refractivity contribution in [3.63, 3.8) is 0 Å². The number of nitrogens with zero attached hydrogens (tertiary/aromatic N) is 1. The summed E-state index contributed by atoms with van der Waals surface area (Å²) in [4.78, 5) is 11.8. The molecule has 2 heterocycles. The predicted octanol–water partition coefficient (Wildman–Crippen LogP) is 0.214. The van der Waals surface area contributed by atoms with Gasteiger partial charge in [-0.2, -0.15) is 4.31 Å². The van der Waals surface area contributed by atoms with Crippen LogP contribution in [0.25, 0.3) is 0 Å². The summed E-state index contributed by atoms with van der Waals surface area (Å²) >= 11 is 0. The standard InChI is InChI=1S/C14H18N2O5S/c1-15-14(17)10-5-6-16(9-10)22(18,19)12-4-2-3-11-13(12)21-8-7-20-11/h2-4,10H,5-9H2,1H3,(H,15,17). The lowest BCUT2D eigenvalue weighted by Crippen LogP contribution is -2.33. The molecule has 1 unspecified atom stereocenters. The van der Waals surface area contributed by atoms with Crippen molar-refractivity contribution < 1.29 is 22.7 Å². The summed E-state index contributed by atoms with van der Waals surface area (Å²) in [5.74, 6) is 0.260. The Hall–Kier alpha value is -1.80. The fraction of sp³-hybridized carbons (Fsp3) is 0.500. The van der Waals surface area contributed by atoms with Gasteiger partial charge in [0.2, 0.25) is 15.9 Å². The van der Waals surface area contributed by atoms with Gasteiger partial charge in [-0.1, -0.05) is 6.07 Å². The molecule has 1 amide bonds. The van der Waals surface area contributed by atoms with Crippen molar-refractivity contribution in [2.24, 2.45) is 5.92 Å². The second-order valence-corrected chi connectivity index (χ2v) is 7.15. The fourth-order valence-corrected chi connectivity index (χ4v) is 4.40. The van der Waals surface area contributed by atoms with Gasteiger partial charge in [0.15, 0.2) is 11.5 Å². The number of benzene rings is 1. The summed E-state index contributed by atoms with van der Waals surface area (Å²) in [6, 6.07) is 4.83. The zero-order valence-electron chi connectivity index (χ0n) is 12.2. The first-order valence-electron chi connectivity index (χ1n) is 7.14. The molecular formula is C14H18N2O5S. The van der Waals surface area contributed by atoms with Gasteiger partial charge in [-0.25, -0.2) is 8.42 Å². The number of hydrogen-bond acceptors (Lipinski definition) is 5. The van der Waals surface area contributed by atoms with Crippen LogP contribution in [-0.2, 0) is 14.8 Å². The first-order valence-corrected chi connectivity index (χ1v) is 8.58. The van der Waals surface area contributed by atoms with Gasteiger partial charge >= 0.3 is 0 Å². The molecule has 3 rings (SSSR count). The highest BCUT2D eigenvalue weighted by atomic mass is 32.2. The number of fused-ring (bicyclic) bond motifs is 1. The number of carbonyl (C=O) groups excluding carboxylic acids is 1. The van der Waals surface area contributed by atoms with E-state index in [4.69, 9.17) is 9.47 Å². The second-order valence-electron chi connectivity index (χ2n) is 5.24. The van der Waals surface area contributed by atoms with E-state index in [1.54, 1.807) is 19.2 Å². The number of amides is 1. The van der Waals surface area contributed by atoms with Gasteiger partial charge in [-0.3, -0.25) is 4.79 Å². The van der Waals surface area contributed by atoms with Gasteiger partial charge in [0.1, 0.15) is 18.1 Å². The minimum absolute atomic E-state index is 0.0993. The summed E-state index contributed by atoms with van der Waals surface area (Å²) in [5, 5.41) is 2.56. The highest BCUT2D eigenvalue weighted by Gasteiger charge is 2.37. The van der Waals surface area contributed by atoms with Crippen LogP contribution in [0.2, 0.25) is 0 Å². The van der Waals surface area contributed by atoms with Crippen LogP contribution in [0.15, 0.2) is 23.1 Å². The molecular weight excluding hydrogens is 308 g/mol. The van der Waals surface area contributed by atoms with Crippen molar-refractivity contribution in [1.29, 1.82) is 0 Å². The third-order valence-corrected chi connectivity index (χ3v) is 5.80. The average molecular weight is 326 g/mol. The van der Waals surface area contributed by atoms with E-state index in [0.29, 0.717) is 31.9 Å². The zero-order valence-corrected chi connectivity index (χ0v) is 13.1. The molecule has 7 nitrogen and oxygen atoms in total. The molecule has 0 aliphatic carbocycles. The lowest BCUT2D eigenvalue weighted by Gasteiger charge is -2.23. The monoisotopic (exact) mass is 326 g/mol. The van der Waals surface area contributed by atoms with Crippen LogP contribution in [-0.4, -0.2) is 52.0 Å². The van der Waals surface area contributed by atoms with Crippen molar-refractivity contribution in [3.05, 3.63) is 18.2 Å². The molecule has 8 heteroatoms. The van der Waals surface area contributed by atoms with E-state index >= 15 is 0 Å². The van der Waals surface area contributed by atoms with Crippen LogP contribution in [0, 0.1) is 5.92 Å². The Morgan fingerprint density at radius 2 is 2.09 bits per heavy atom. The molecule has 1 aromatic rings. The number of carbonyl (C=O) groups is 1. The SMILES string of the molecule is CNC(=O)C1CCN(S(=O)(=O)c2cccc3c2OCCO3)C1. The Balaban J connectivity index is 1.90. The third kappa shape index (κ3) is 2.52. The molecule has 0 aromatic heterocycles. The molecule has 2 aliphatic heterocycles. The first-order chi connectivity index (χ1) is 10.5. The van der Waals surface area contributed by atoms with Gasteiger partial charge in [0.05, 0.1) is 5.92 Å². The molecule has 2 aliphatic rings. The van der Waals surface area contributed by atoms with E-state index in [1.165, 1.54) is 10.4 Å². The summed E-state index contributed by atoms with van der Waals surface area (Å²) in [7, 11) is -2.15. The van der Waals surface area contributed by atoms with Gasteiger partial charge in [0, 0.05) is 20.1 Å². The number of rotatable bonds is 3. The van der Waals surface area contributed by atoms with Gasteiger partial charge < -0.3 is 14.8 Å². The molecule has 0 radical (unpaired) electrons. The molecule has 0 spiro atoms. The topological polar surface area (TPSA) is 84.9 Å². The van der Waals surface area contributed by atoms with E-state index in [1.807, 2.05) is 0 Å². The van der Waals surface area contributed by atoms with Gasteiger partial charge in [-0.05, 0) is 18.6 Å². The Kier molecular flexibility index (Phi) is 3.96. The summed E-state index contributed by atoms with van der Waals surface area (Å²) < 4.78 is 37.9. The number of hydrogen-bond donors (Lipinski definition) is 1. The van der Waals surface area contributed by atoms with E-state index in [9.17, 15) is 13.2 Å². The van der Waals surface area contributed by atoms with Gasteiger partial charge in [-0.15, -0.1) is 0 Å². The molecule has 1 atom stereocenters. The molecule has 1 fully saturated rings. The van der Waals surface area contributed by atoms with Crippen LogP contribution in [0.3, 0.4) is 0 Å². The third-order valence-electron chi connectivity index (χ3n) is 3.92. The Bertz CT molecular complexity index is 688. The smallest absolute Gasteiger partial charge is 0.246 e. The van der Waals surface area contributed by atoms with Gasteiger partial charge in [0.25, 0.3) is 0 Å². The van der Waals surface area contributed by atoms with E-state index < -0.39 is 10.0 Å². The van der Waals surface area contributed by atoms with Crippen LogP contribution in [0.1, 0.15) is 6.42 Å². The minimum Gasteiger partial charge on any atom is -0.486 e. The Labute approximate surface area is 129 Å². The summed E-state index contributed by atoms with van der Waals surface area (Å²) in [5.41, 5.74) is 0. The quantitative estimate of drug-likeness (QED) is 0.858. The van der Waals surface area contributed by atoms with Crippen LogP contribution < -0.4 is 14.8 Å². The lowest BCUT2D eigenvalue weighted by atomic mass is 10.1. The number of ether oxygens (including phenoxy) is 2. The summed E-state index contributed by atoms with van der Waals surface area (Å²) in [6.07, 6.45) is 0.519. The normalized spacial score (nSPS) is 21.6. The van der Waals surface area contributed by atoms with Crippen molar-refractivity contribution in [3.8, 4) is 11.5 Å². The van der Waals surface area contributed by atoms with E-state index in [2.05, 4.69) is 5.32 Å². The second kappa shape index (κ2) is 5.77. The van der Waals surface area contributed by atoms with Crippen LogP contribution >= 0.6 is 0 Å². The van der Waals surface area contributed by atoms with Crippen molar-refractivity contribution in [1.82, 2.24) is 9.62 Å². The Morgan fingerprint density at radius 1 is 1.32 bits per heavy atom. The molecule has 0 saturated carbocycles. The maximum atomic E-state index is 12.8. The summed E-state index contributed by atoms with van der Waals surface area (Å²) in [6.45, 7) is 1.23. The zero-order chi connectivity index (χ0) is 15.7. The molecule has 1 saturated heterocycles. The molecule has 120 valence electrons. The maximum absolute atomic E-state index is 12.8. The predicted molar refractivity (Wildman–Crippen MR) is 78.4 cm³/mol. The minimum atomic E-state index is -3.71. The molecule has 0 bridgehead atoms. The number of para-hydroxylation sites is 1. The Morgan fingerprint density at radius 3 is 2.86 bits per heavy atom. The average Bonchev–Trinajstić information content (AvgIpc) is 3.04. The highest BCUT2D eigenvalue weighted by Crippen LogP contribution is 2.38. The maximum Gasteiger partial charge on any atom is 0.246 e. The largest absolute Gasteiger partial charge is 0.486 e.